The number of ether oxygens (including phenoxy) is 2. The number of benzene rings is 2. The Bertz CT molecular complexity index is 511. The Labute approximate surface area is 115 Å². The van der Waals surface area contributed by atoms with Crippen LogP contribution in [0.2, 0.25) is 0 Å². The van der Waals surface area contributed by atoms with Gasteiger partial charge in [0.25, 0.3) is 8.05 Å². The third-order valence-corrected chi connectivity index (χ3v) is 4.37. The lowest BCUT2D eigenvalue weighted by Gasteiger charge is -2.18. The summed E-state index contributed by atoms with van der Waals surface area (Å²) in [5, 5.41) is 1.98. The van der Waals surface area contributed by atoms with Crippen molar-refractivity contribution in [2.45, 2.75) is 0 Å². The molecule has 19 heavy (non-hydrogen) atoms. The molecular formula is C14H14BO3P. The summed E-state index contributed by atoms with van der Waals surface area (Å²) < 4.78 is 15.7. The van der Waals surface area contributed by atoms with Crippen molar-refractivity contribution in [3.8, 4) is 11.5 Å². The summed E-state index contributed by atoms with van der Waals surface area (Å²) in [6.45, 7) is 0. The summed E-state index contributed by atoms with van der Waals surface area (Å²) in [5.74, 6) is 1.43. The van der Waals surface area contributed by atoms with Crippen LogP contribution in [0.3, 0.4) is 0 Å². The van der Waals surface area contributed by atoms with E-state index in [-0.39, 0.29) is 0 Å². The van der Waals surface area contributed by atoms with Gasteiger partial charge in [0.1, 0.15) is 11.5 Å². The van der Waals surface area contributed by atoms with E-state index in [1.807, 2.05) is 48.5 Å². The van der Waals surface area contributed by atoms with E-state index in [4.69, 9.17) is 22.0 Å². The average Bonchev–Trinajstić information content (AvgIpc) is 2.48. The van der Waals surface area contributed by atoms with Gasteiger partial charge in [-0.05, 0) is 12.1 Å². The molecule has 0 heterocycles. The smallest absolute Gasteiger partial charge is 0.289 e. The summed E-state index contributed by atoms with van der Waals surface area (Å²) in [6.07, 6.45) is 0. The number of methoxy groups -OCH3 is 2. The fraction of sp³-hybridized carbons (Fsp3) is 0.143. The molecule has 0 amide bonds. The largest absolute Gasteiger partial charge is 0.497 e. The first-order valence-electron chi connectivity index (χ1n) is 5.73. The first kappa shape index (κ1) is 13.9. The fourth-order valence-corrected chi connectivity index (χ4v) is 3.22. The van der Waals surface area contributed by atoms with E-state index in [0.717, 1.165) is 22.1 Å². The molecule has 2 aromatic carbocycles. The lowest BCUT2D eigenvalue weighted by atomic mass is 10.3. The zero-order chi connectivity index (χ0) is 13.7. The second-order valence-electron chi connectivity index (χ2n) is 3.81. The minimum Gasteiger partial charge on any atom is -0.497 e. The Kier molecular flexibility index (Phi) is 4.83. The van der Waals surface area contributed by atoms with Crippen LogP contribution in [-0.2, 0) is 4.44 Å². The molecule has 0 aliphatic heterocycles. The third kappa shape index (κ3) is 3.28. The first-order chi connectivity index (χ1) is 9.28. The average molecular weight is 272 g/mol. The van der Waals surface area contributed by atoms with E-state index in [9.17, 15) is 0 Å². The van der Waals surface area contributed by atoms with Gasteiger partial charge in [-0.15, -0.1) is 0 Å². The standard InChI is InChI=1S/C14H14BO3P/c1-16-11-8-12(17-2)10-14(9-11)19(18-15)13-6-4-3-5-7-13/h3-10H,1-2H3/t19-/m1/s1. The highest BCUT2D eigenvalue weighted by atomic mass is 31.1. The zero-order valence-electron chi connectivity index (χ0n) is 10.9. The van der Waals surface area contributed by atoms with E-state index in [1.54, 1.807) is 14.2 Å². The van der Waals surface area contributed by atoms with Crippen molar-refractivity contribution in [3.05, 3.63) is 48.5 Å². The van der Waals surface area contributed by atoms with Crippen LogP contribution in [0.15, 0.2) is 48.5 Å². The van der Waals surface area contributed by atoms with Gasteiger partial charge >= 0.3 is 0 Å². The van der Waals surface area contributed by atoms with Gasteiger partial charge in [0.05, 0.1) is 22.4 Å². The van der Waals surface area contributed by atoms with Gasteiger partial charge in [-0.2, -0.15) is 0 Å². The van der Waals surface area contributed by atoms with Crippen LogP contribution >= 0.6 is 8.15 Å². The SMILES string of the molecule is [B]O[P@](c1ccccc1)c1cc(OC)cc(OC)c1. The molecule has 0 spiro atoms. The molecule has 0 saturated carbocycles. The van der Waals surface area contributed by atoms with Crippen LogP contribution in [0.5, 0.6) is 11.5 Å². The normalized spacial score (nSPS) is 11.9. The van der Waals surface area contributed by atoms with Crippen LogP contribution in [0.1, 0.15) is 0 Å². The number of hydrogen-bond donors (Lipinski definition) is 0. The van der Waals surface area contributed by atoms with Gasteiger partial charge in [-0.25, -0.2) is 0 Å². The monoisotopic (exact) mass is 272 g/mol. The predicted octanol–water partition coefficient (Wildman–Crippen LogP) is 2.15. The van der Waals surface area contributed by atoms with Crippen LogP contribution in [-0.4, -0.2) is 22.3 Å². The molecule has 3 nitrogen and oxygen atoms in total. The van der Waals surface area contributed by atoms with E-state index in [0.29, 0.717) is 0 Å². The van der Waals surface area contributed by atoms with Gasteiger partial charge in [-0.1, -0.05) is 30.3 Å². The highest BCUT2D eigenvalue weighted by Crippen LogP contribution is 2.36. The van der Waals surface area contributed by atoms with Crippen molar-refractivity contribution in [1.82, 2.24) is 0 Å². The topological polar surface area (TPSA) is 27.7 Å². The number of rotatable bonds is 5. The molecule has 96 valence electrons. The molecule has 5 heteroatoms. The van der Waals surface area contributed by atoms with Crippen molar-refractivity contribution >= 4 is 26.8 Å². The lowest BCUT2D eigenvalue weighted by molar-refractivity contribution is 0.395. The summed E-state index contributed by atoms with van der Waals surface area (Å²) >= 11 is 0. The summed E-state index contributed by atoms with van der Waals surface area (Å²) in [6, 6.07) is 15.5. The maximum atomic E-state index is 5.47. The molecule has 2 radical (unpaired) electrons. The van der Waals surface area contributed by atoms with E-state index < -0.39 is 8.15 Å². The molecule has 1 atom stereocenters. The second-order valence-corrected chi connectivity index (χ2v) is 5.64. The predicted molar refractivity (Wildman–Crippen MR) is 79.0 cm³/mol. The minimum absolute atomic E-state index is 0.717. The van der Waals surface area contributed by atoms with Crippen LogP contribution in [0, 0.1) is 0 Å². The third-order valence-electron chi connectivity index (χ3n) is 2.67. The Morgan fingerprint density at radius 3 is 1.89 bits per heavy atom. The highest BCUT2D eigenvalue weighted by molar-refractivity contribution is 7.69. The lowest BCUT2D eigenvalue weighted by Crippen LogP contribution is -2.13. The minimum atomic E-state index is -1.07. The van der Waals surface area contributed by atoms with Crippen LogP contribution in [0.25, 0.3) is 0 Å². The van der Waals surface area contributed by atoms with E-state index >= 15 is 0 Å². The molecule has 0 aliphatic rings. The Balaban J connectivity index is 2.43. The highest BCUT2D eigenvalue weighted by Gasteiger charge is 2.15. The summed E-state index contributed by atoms with van der Waals surface area (Å²) in [7, 11) is 7.63. The zero-order valence-corrected chi connectivity index (χ0v) is 11.8. The Hall–Kier alpha value is -1.51. The molecule has 0 bridgehead atoms. The van der Waals surface area contributed by atoms with E-state index in [1.165, 1.54) is 0 Å². The van der Waals surface area contributed by atoms with Crippen molar-refractivity contribution in [2.75, 3.05) is 14.2 Å². The van der Waals surface area contributed by atoms with Crippen LogP contribution < -0.4 is 20.1 Å². The van der Waals surface area contributed by atoms with Gasteiger partial charge in [0.2, 0.25) is 0 Å². The van der Waals surface area contributed by atoms with Crippen molar-refractivity contribution < 1.29 is 13.9 Å². The summed E-state index contributed by atoms with van der Waals surface area (Å²) in [4.78, 5) is 0. The quantitative estimate of drug-likeness (QED) is 0.616. The molecule has 0 aliphatic carbocycles. The molecule has 0 unspecified atom stereocenters. The molecule has 0 saturated heterocycles. The molecule has 0 fully saturated rings. The summed E-state index contributed by atoms with van der Waals surface area (Å²) in [5.41, 5.74) is 0. The van der Waals surface area contributed by atoms with Gasteiger partial charge in [0.15, 0.2) is 0 Å². The molecule has 0 N–H and O–H groups in total. The molecule has 2 aromatic rings. The fourth-order valence-electron chi connectivity index (χ4n) is 1.74. The van der Waals surface area contributed by atoms with Crippen LogP contribution in [0.4, 0.5) is 0 Å². The van der Waals surface area contributed by atoms with Crippen molar-refractivity contribution in [1.29, 1.82) is 0 Å². The van der Waals surface area contributed by atoms with E-state index in [2.05, 4.69) is 0 Å². The maximum Gasteiger partial charge on any atom is 0.289 e. The van der Waals surface area contributed by atoms with Gasteiger partial charge in [0, 0.05) is 16.7 Å². The Morgan fingerprint density at radius 2 is 1.42 bits per heavy atom. The Morgan fingerprint density at radius 1 is 0.842 bits per heavy atom. The van der Waals surface area contributed by atoms with Crippen molar-refractivity contribution in [2.24, 2.45) is 0 Å². The first-order valence-corrected chi connectivity index (χ1v) is 6.99. The molecule has 0 aromatic heterocycles. The van der Waals surface area contributed by atoms with Gasteiger partial charge in [-0.3, -0.25) is 0 Å². The number of hydrogen-bond acceptors (Lipinski definition) is 3. The molecule has 2 rings (SSSR count). The van der Waals surface area contributed by atoms with Crippen molar-refractivity contribution in [3.63, 3.8) is 0 Å². The van der Waals surface area contributed by atoms with Gasteiger partial charge < -0.3 is 13.9 Å². The second kappa shape index (κ2) is 6.60. The maximum absolute atomic E-state index is 5.47. The molecular weight excluding hydrogens is 258 g/mol.